The fourth-order valence-electron chi connectivity index (χ4n) is 4.94. The van der Waals surface area contributed by atoms with Gasteiger partial charge in [-0.2, -0.15) is 0 Å². The number of nitrogens with zero attached hydrogens (tertiary/aromatic N) is 3. The number of amides is 1. The van der Waals surface area contributed by atoms with Crippen molar-refractivity contribution in [3.63, 3.8) is 0 Å². The first-order chi connectivity index (χ1) is 15.1. The van der Waals surface area contributed by atoms with E-state index in [2.05, 4.69) is 25.2 Å². The van der Waals surface area contributed by atoms with Crippen LogP contribution in [0.1, 0.15) is 55.4 Å². The number of halogens is 4. The smallest absolute Gasteiger partial charge is 0.424 e. The summed E-state index contributed by atoms with van der Waals surface area (Å²) < 4.78 is 51.9. The third-order valence-corrected chi connectivity index (χ3v) is 6.54. The van der Waals surface area contributed by atoms with E-state index in [1.165, 1.54) is 6.20 Å². The van der Waals surface area contributed by atoms with Crippen molar-refractivity contribution in [1.82, 2.24) is 20.5 Å². The molecule has 1 N–H and O–H groups in total. The number of carbonyl (C=O) groups is 1. The fraction of sp³-hybridized carbons (Fsp3) is 0.600. The molecule has 0 aromatic carbocycles. The van der Waals surface area contributed by atoms with Gasteiger partial charge in [-0.25, -0.2) is 0 Å². The average Bonchev–Trinajstić information content (AvgIpc) is 3.08. The molecule has 0 spiro atoms. The number of hydrogen-bond acceptors (Lipinski definition) is 7. The highest BCUT2D eigenvalue weighted by Crippen LogP contribution is 2.67. The van der Waals surface area contributed by atoms with Crippen LogP contribution >= 0.6 is 11.6 Å². The Morgan fingerprint density at radius 1 is 1.25 bits per heavy atom. The topological polar surface area (TPSA) is 99.4 Å². The van der Waals surface area contributed by atoms with E-state index in [0.717, 1.165) is 5.56 Å². The van der Waals surface area contributed by atoms with Crippen molar-refractivity contribution in [1.29, 1.82) is 0 Å². The van der Waals surface area contributed by atoms with Crippen LogP contribution in [0.15, 0.2) is 22.9 Å². The van der Waals surface area contributed by atoms with E-state index in [0.29, 0.717) is 36.1 Å². The molecule has 0 aliphatic heterocycles. The first-order valence-corrected chi connectivity index (χ1v) is 10.6. The Balaban J connectivity index is 1.05. The summed E-state index contributed by atoms with van der Waals surface area (Å²) >= 11 is 5.87. The predicted octanol–water partition coefficient (Wildman–Crippen LogP) is 3.41. The molecule has 8 nitrogen and oxygen atoms in total. The lowest BCUT2D eigenvalue weighted by Crippen LogP contribution is -2.77. The largest absolute Gasteiger partial charge is 0.522 e. The zero-order valence-corrected chi connectivity index (χ0v) is 17.6. The van der Waals surface area contributed by atoms with Gasteiger partial charge in [0, 0.05) is 23.9 Å². The van der Waals surface area contributed by atoms with Gasteiger partial charge in [0.25, 0.3) is 0 Å². The van der Waals surface area contributed by atoms with Crippen molar-refractivity contribution in [2.24, 2.45) is 0 Å². The first kappa shape index (κ1) is 21.6. The van der Waals surface area contributed by atoms with Crippen LogP contribution in [0.3, 0.4) is 0 Å². The molecule has 1 amide bonds. The maximum Gasteiger partial charge on any atom is 0.522 e. The molecule has 4 aliphatic carbocycles. The lowest BCUT2D eigenvalue weighted by molar-refractivity contribution is -0.352. The second kappa shape index (κ2) is 7.67. The van der Waals surface area contributed by atoms with Gasteiger partial charge in [-0.15, -0.1) is 23.4 Å². The molecular formula is C20H20ClF3N4O4. The van der Waals surface area contributed by atoms with Gasteiger partial charge in [-0.1, -0.05) is 11.6 Å². The molecule has 172 valence electrons. The molecule has 4 aliphatic rings. The molecule has 2 aromatic rings. The van der Waals surface area contributed by atoms with Gasteiger partial charge in [0.15, 0.2) is 0 Å². The van der Waals surface area contributed by atoms with Gasteiger partial charge in [0.2, 0.25) is 17.7 Å². The van der Waals surface area contributed by atoms with Gasteiger partial charge in [-0.05, 0) is 43.7 Å². The van der Waals surface area contributed by atoms with Crippen LogP contribution in [0.2, 0.25) is 5.02 Å². The third kappa shape index (κ3) is 4.20. The first-order valence-electron chi connectivity index (χ1n) is 10.2. The van der Waals surface area contributed by atoms with E-state index < -0.39 is 12.5 Å². The molecule has 4 fully saturated rings. The Hall–Kier alpha value is -2.24. The number of ether oxygens (including phenoxy) is 2. The summed E-state index contributed by atoms with van der Waals surface area (Å²) in [5.74, 6) is 0.434. The second-order valence-electron chi connectivity index (χ2n) is 8.94. The summed E-state index contributed by atoms with van der Waals surface area (Å²) in [5, 5.41) is 11.7. The lowest BCUT2D eigenvalue weighted by Gasteiger charge is -2.68. The fourth-order valence-corrected chi connectivity index (χ4v) is 5.14. The SMILES string of the molecule is O=C(COCc1cncc(Cl)c1)NC12CC(c3nnc(C4CC(OC(F)(F)F)C4)o3)(C1)C2. The van der Waals surface area contributed by atoms with Gasteiger partial charge in [-0.3, -0.25) is 14.5 Å². The number of carbonyl (C=O) groups excluding carboxylic acids is 1. The van der Waals surface area contributed by atoms with Crippen LogP contribution in [0.5, 0.6) is 0 Å². The second-order valence-corrected chi connectivity index (χ2v) is 9.38. The molecule has 0 saturated heterocycles. The minimum Gasteiger partial charge on any atom is -0.424 e. The van der Waals surface area contributed by atoms with Crippen molar-refractivity contribution in [2.45, 2.75) is 68.0 Å². The lowest BCUT2D eigenvalue weighted by atomic mass is 9.39. The number of rotatable bonds is 8. The zero-order valence-electron chi connectivity index (χ0n) is 16.8. The van der Waals surface area contributed by atoms with Gasteiger partial charge in [0.05, 0.1) is 23.1 Å². The molecule has 4 saturated carbocycles. The summed E-state index contributed by atoms with van der Waals surface area (Å²) in [4.78, 5) is 16.2. The van der Waals surface area contributed by atoms with Crippen molar-refractivity contribution in [3.8, 4) is 0 Å². The highest BCUT2D eigenvalue weighted by molar-refractivity contribution is 6.30. The maximum atomic E-state index is 12.2. The molecule has 0 unspecified atom stereocenters. The molecule has 2 bridgehead atoms. The van der Waals surface area contributed by atoms with Crippen LogP contribution in [-0.2, 0) is 26.3 Å². The molecule has 6 rings (SSSR count). The van der Waals surface area contributed by atoms with E-state index >= 15 is 0 Å². The Morgan fingerprint density at radius 3 is 2.69 bits per heavy atom. The molecule has 0 radical (unpaired) electrons. The van der Waals surface area contributed by atoms with Crippen LogP contribution in [0, 0.1) is 0 Å². The highest BCUT2D eigenvalue weighted by Gasteiger charge is 2.71. The van der Waals surface area contributed by atoms with Gasteiger partial charge >= 0.3 is 6.36 Å². The predicted molar refractivity (Wildman–Crippen MR) is 103 cm³/mol. The Morgan fingerprint density at radius 2 is 2.00 bits per heavy atom. The average molecular weight is 473 g/mol. The third-order valence-electron chi connectivity index (χ3n) is 6.34. The highest BCUT2D eigenvalue weighted by atomic mass is 35.5. The monoisotopic (exact) mass is 472 g/mol. The molecule has 2 aromatic heterocycles. The van der Waals surface area contributed by atoms with Crippen LogP contribution in [0.4, 0.5) is 13.2 Å². The summed E-state index contributed by atoms with van der Waals surface area (Å²) in [6, 6.07) is 1.73. The van der Waals surface area contributed by atoms with Crippen LogP contribution < -0.4 is 5.32 Å². The van der Waals surface area contributed by atoms with Crippen molar-refractivity contribution < 1.29 is 31.9 Å². The van der Waals surface area contributed by atoms with E-state index in [4.69, 9.17) is 20.8 Å². The quantitative estimate of drug-likeness (QED) is 0.628. The van der Waals surface area contributed by atoms with Crippen LogP contribution in [0.25, 0.3) is 0 Å². The van der Waals surface area contributed by atoms with E-state index in [9.17, 15) is 18.0 Å². The Bertz CT molecular complexity index is 1000. The standard InChI is InChI=1S/C20H20ClF3N4O4/c21-13-1-11(4-25-5-13)6-30-7-15(29)26-19-8-18(9-19,10-19)17-28-27-16(31-17)12-2-14(3-12)32-20(22,23)24/h1,4-5,12,14H,2-3,6-10H2,(H,26,29). The molecule has 2 heterocycles. The van der Waals surface area contributed by atoms with Gasteiger partial charge < -0.3 is 14.5 Å². The van der Waals surface area contributed by atoms with E-state index in [-0.39, 0.29) is 48.8 Å². The summed E-state index contributed by atoms with van der Waals surface area (Å²) in [5.41, 5.74) is 0.247. The summed E-state index contributed by atoms with van der Waals surface area (Å²) in [6.07, 6.45) is 0.147. The number of alkyl halides is 3. The summed E-state index contributed by atoms with van der Waals surface area (Å²) in [7, 11) is 0. The number of hydrogen-bond donors (Lipinski definition) is 1. The zero-order chi connectivity index (χ0) is 22.6. The minimum atomic E-state index is -4.63. The Labute approximate surface area is 185 Å². The Kier molecular flexibility index (Phi) is 5.18. The van der Waals surface area contributed by atoms with Gasteiger partial charge in [0.1, 0.15) is 6.61 Å². The molecular weight excluding hydrogens is 453 g/mol. The van der Waals surface area contributed by atoms with Crippen molar-refractivity contribution in [2.75, 3.05) is 6.61 Å². The molecule has 0 atom stereocenters. The minimum absolute atomic E-state index is 0.0746. The van der Waals surface area contributed by atoms with Crippen molar-refractivity contribution in [3.05, 3.63) is 40.8 Å². The number of pyridine rings is 1. The van der Waals surface area contributed by atoms with E-state index in [1.807, 2.05) is 0 Å². The summed E-state index contributed by atoms with van der Waals surface area (Å²) in [6.45, 7) is 0.160. The van der Waals surface area contributed by atoms with Crippen LogP contribution in [-0.4, -0.2) is 45.7 Å². The normalized spacial score (nSPS) is 30.8. The van der Waals surface area contributed by atoms with Crippen molar-refractivity contribution >= 4 is 17.5 Å². The number of nitrogens with one attached hydrogen (secondary N) is 1. The van der Waals surface area contributed by atoms with E-state index in [1.54, 1.807) is 12.3 Å². The molecule has 12 heteroatoms. The maximum absolute atomic E-state index is 12.2. The molecule has 32 heavy (non-hydrogen) atoms. The number of aromatic nitrogens is 3.